The second-order valence-electron chi connectivity index (χ2n) is 5.43. The highest BCUT2D eigenvalue weighted by molar-refractivity contribution is 7.89. The van der Waals surface area contributed by atoms with Gasteiger partial charge in [0.25, 0.3) is 0 Å². The lowest BCUT2D eigenvalue weighted by Crippen LogP contribution is -2.25. The molecule has 0 bridgehead atoms. The number of anilines is 1. The fraction of sp³-hybridized carbons (Fsp3) is 0.571. The molecule has 1 aliphatic rings. The zero-order chi connectivity index (χ0) is 13.9. The molecule has 0 radical (unpaired) electrons. The van der Waals surface area contributed by atoms with Gasteiger partial charge in [-0.3, -0.25) is 0 Å². The quantitative estimate of drug-likeness (QED) is 0.788. The average Bonchev–Trinajstić information content (AvgIpc) is 2.81. The van der Waals surface area contributed by atoms with Gasteiger partial charge in [0.1, 0.15) is 0 Å². The van der Waals surface area contributed by atoms with Crippen LogP contribution in [0.2, 0.25) is 0 Å². The van der Waals surface area contributed by atoms with Gasteiger partial charge in [0.2, 0.25) is 10.0 Å². The molecule has 106 valence electrons. The molecule has 0 saturated carbocycles. The van der Waals surface area contributed by atoms with E-state index in [1.165, 1.54) is 5.56 Å². The molecule has 0 spiro atoms. The number of hydrogen-bond donors (Lipinski definition) is 2. The minimum absolute atomic E-state index is 0.352. The second-order valence-corrected chi connectivity index (χ2v) is 7.20. The van der Waals surface area contributed by atoms with Crippen molar-refractivity contribution >= 4 is 15.7 Å². The Kier molecular flexibility index (Phi) is 4.47. The minimum Gasteiger partial charge on any atom is -0.384 e. The van der Waals surface area contributed by atoms with E-state index in [1.54, 1.807) is 12.1 Å². The largest absolute Gasteiger partial charge is 0.384 e. The molecular formula is C14H22N2O2S. The molecule has 1 aliphatic heterocycles. The van der Waals surface area contributed by atoms with Gasteiger partial charge in [0, 0.05) is 18.8 Å². The average molecular weight is 282 g/mol. The van der Waals surface area contributed by atoms with Crippen molar-refractivity contribution < 1.29 is 8.42 Å². The van der Waals surface area contributed by atoms with Crippen molar-refractivity contribution in [2.24, 2.45) is 5.92 Å². The number of nitrogens with one attached hydrogen (secondary N) is 2. The third-order valence-electron chi connectivity index (χ3n) is 3.35. The number of sulfonamides is 1. The SMILES string of the molecule is CC(C)CCCNS(=O)(=O)c1ccc2c(c1)NCC2. The van der Waals surface area contributed by atoms with Gasteiger partial charge in [-0.25, -0.2) is 13.1 Å². The molecule has 0 aliphatic carbocycles. The van der Waals surface area contributed by atoms with Crippen LogP contribution in [0.3, 0.4) is 0 Å². The highest BCUT2D eigenvalue weighted by Crippen LogP contribution is 2.25. The topological polar surface area (TPSA) is 58.2 Å². The number of fused-ring (bicyclic) bond motifs is 1. The fourth-order valence-electron chi connectivity index (χ4n) is 2.24. The van der Waals surface area contributed by atoms with Crippen LogP contribution in [-0.2, 0) is 16.4 Å². The Morgan fingerprint density at radius 3 is 2.89 bits per heavy atom. The van der Waals surface area contributed by atoms with Gasteiger partial charge in [0.15, 0.2) is 0 Å². The first-order chi connectivity index (χ1) is 8.99. The molecule has 0 amide bonds. The molecule has 19 heavy (non-hydrogen) atoms. The van der Waals surface area contributed by atoms with Gasteiger partial charge >= 0.3 is 0 Å². The zero-order valence-corrected chi connectivity index (χ0v) is 12.4. The Hall–Kier alpha value is -1.07. The minimum atomic E-state index is -3.37. The van der Waals surface area contributed by atoms with Crippen LogP contribution in [0.1, 0.15) is 32.3 Å². The molecule has 4 nitrogen and oxygen atoms in total. The summed E-state index contributed by atoms with van der Waals surface area (Å²) >= 11 is 0. The first-order valence-electron chi connectivity index (χ1n) is 6.85. The van der Waals surface area contributed by atoms with Crippen LogP contribution in [0, 0.1) is 5.92 Å². The van der Waals surface area contributed by atoms with E-state index in [-0.39, 0.29) is 0 Å². The second kappa shape index (κ2) is 5.92. The van der Waals surface area contributed by atoms with Crippen LogP contribution in [0.15, 0.2) is 23.1 Å². The fourth-order valence-corrected chi connectivity index (χ4v) is 3.34. The van der Waals surface area contributed by atoms with Gasteiger partial charge in [-0.1, -0.05) is 19.9 Å². The van der Waals surface area contributed by atoms with E-state index in [4.69, 9.17) is 0 Å². The summed E-state index contributed by atoms with van der Waals surface area (Å²) in [5.74, 6) is 0.605. The van der Waals surface area contributed by atoms with Crippen LogP contribution in [0.25, 0.3) is 0 Å². The van der Waals surface area contributed by atoms with Crippen molar-refractivity contribution in [3.63, 3.8) is 0 Å². The molecule has 0 unspecified atom stereocenters. The predicted molar refractivity (Wildman–Crippen MR) is 77.9 cm³/mol. The molecular weight excluding hydrogens is 260 g/mol. The molecule has 0 fully saturated rings. The van der Waals surface area contributed by atoms with Crippen LogP contribution < -0.4 is 10.0 Å². The Morgan fingerprint density at radius 1 is 1.37 bits per heavy atom. The Labute approximate surface area is 115 Å². The molecule has 0 aromatic heterocycles. The summed E-state index contributed by atoms with van der Waals surface area (Å²) in [6, 6.07) is 5.32. The maximum atomic E-state index is 12.1. The van der Waals surface area contributed by atoms with E-state index in [1.807, 2.05) is 6.07 Å². The number of rotatable bonds is 6. The van der Waals surface area contributed by atoms with E-state index in [0.717, 1.165) is 31.5 Å². The summed E-state index contributed by atoms with van der Waals surface area (Å²) in [6.07, 6.45) is 2.88. The van der Waals surface area contributed by atoms with Gasteiger partial charge < -0.3 is 5.32 Å². The van der Waals surface area contributed by atoms with Crippen molar-refractivity contribution in [3.8, 4) is 0 Å². The van der Waals surface area contributed by atoms with E-state index < -0.39 is 10.0 Å². The molecule has 1 aromatic carbocycles. The maximum Gasteiger partial charge on any atom is 0.240 e. The highest BCUT2D eigenvalue weighted by Gasteiger charge is 2.17. The Bertz CT molecular complexity index is 538. The van der Waals surface area contributed by atoms with Crippen molar-refractivity contribution in [1.82, 2.24) is 4.72 Å². The van der Waals surface area contributed by atoms with Crippen LogP contribution >= 0.6 is 0 Å². The maximum absolute atomic E-state index is 12.1. The summed E-state index contributed by atoms with van der Waals surface area (Å²) < 4.78 is 26.9. The smallest absolute Gasteiger partial charge is 0.240 e. The number of hydrogen-bond acceptors (Lipinski definition) is 3. The lowest BCUT2D eigenvalue weighted by molar-refractivity contribution is 0.540. The third kappa shape index (κ3) is 3.70. The summed E-state index contributed by atoms with van der Waals surface area (Å²) in [4.78, 5) is 0.352. The van der Waals surface area contributed by atoms with Gasteiger partial charge in [-0.2, -0.15) is 0 Å². The normalized spacial score (nSPS) is 14.5. The van der Waals surface area contributed by atoms with Gasteiger partial charge in [-0.15, -0.1) is 0 Å². The third-order valence-corrected chi connectivity index (χ3v) is 4.81. The standard InChI is InChI=1S/C14H22N2O2S/c1-11(2)4-3-8-16-19(17,18)13-6-5-12-7-9-15-14(12)10-13/h5-6,10-11,15-16H,3-4,7-9H2,1-2H3. The van der Waals surface area contributed by atoms with E-state index >= 15 is 0 Å². The summed E-state index contributed by atoms with van der Waals surface area (Å²) in [7, 11) is -3.37. The first kappa shape index (κ1) is 14.3. The van der Waals surface area contributed by atoms with Crippen molar-refractivity contribution in [2.75, 3.05) is 18.4 Å². The summed E-state index contributed by atoms with van der Waals surface area (Å²) in [5.41, 5.74) is 2.14. The molecule has 0 saturated heterocycles. The van der Waals surface area contributed by atoms with E-state index in [9.17, 15) is 8.42 Å². The first-order valence-corrected chi connectivity index (χ1v) is 8.34. The Morgan fingerprint density at radius 2 is 2.16 bits per heavy atom. The van der Waals surface area contributed by atoms with Gasteiger partial charge in [-0.05, 0) is 42.9 Å². The molecule has 2 N–H and O–H groups in total. The zero-order valence-electron chi connectivity index (χ0n) is 11.6. The lowest BCUT2D eigenvalue weighted by atomic mass is 10.1. The van der Waals surface area contributed by atoms with E-state index in [0.29, 0.717) is 17.4 Å². The van der Waals surface area contributed by atoms with Gasteiger partial charge in [0.05, 0.1) is 4.90 Å². The molecule has 1 aromatic rings. The van der Waals surface area contributed by atoms with Crippen molar-refractivity contribution in [3.05, 3.63) is 23.8 Å². The Balaban J connectivity index is 1.99. The summed E-state index contributed by atoms with van der Waals surface area (Å²) in [5, 5.41) is 3.20. The van der Waals surface area contributed by atoms with Crippen LogP contribution in [-0.4, -0.2) is 21.5 Å². The monoisotopic (exact) mass is 282 g/mol. The highest BCUT2D eigenvalue weighted by atomic mass is 32.2. The number of benzene rings is 1. The lowest BCUT2D eigenvalue weighted by Gasteiger charge is -2.09. The van der Waals surface area contributed by atoms with Crippen molar-refractivity contribution in [1.29, 1.82) is 0 Å². The van der Waals surface area contributed by atoms with E-state index in [2.05, 4.69) is 23.9 Å². The predicted octanol–water partition coefficient (Wildman–Crippen LogP) is 2.37. The summed E-state index contributed by atoms with van der Waals surface area (Å²) in [6.45, 7) is 5.67. The molecule has 5 heteroatoms. The molecule has 0 atom stereocenters. The van der Waals surface area contributed by atoms with Crippen LogP contribution in [0.5, 0.6) is 0 Å². The molecule has 1 heterocycles. The molecule has 2 rings (SSSR count). The van der Waals surface area contributed by atoms with Crippen molar-refractivity contribution in [2.45, 2.75) is 38.0 Å². The van der Waals surface area contributed by atoms with Crippen LogP contribution in [0.4, 0.5) is 5.69 Å².